The fourth-order valence-electron chi connectivity index (χ4n) is 1.83. The predicted octanol–water partition coefficient (Wildman–Crippen LogP) is 2.38. The van der Waals surface area contributed by atoms with Crippen molar-refractivity contribution in [1.29, 1.82) is 0 Å². The number of likely N-dealkylation sites (N-methyl/N-ethyl adjacent to an activating group) is 2. The van der Waals surface area contributed by atoms with Gasteiger partial charge in [-0.05, 0) is 31.3 Å². The molecule has 0 aliphatic heterocycles. The lowest BCUT2D eigenvalue weighted by molar-refractivity contribution is 0.0766. The summed E-state index contributed by atoms with van der Waals surface area (Å²) in [6.07, 6.45) is 0. The Morgan fingerprint density at radius 2 is 2.05 bits per heavy atom. The number of carbonyl (C=O) groups excluding carboxylic acids is 1. The molecule has 0 radical (unpaired) electrons. The fraction of sp³-hybridized carbons (Fsp3) is 0.267. The summed E-state index contributed by atoms with van der Waals surface area (Å²) in [5.41, 5.74) is 0.351. The van der Waals surface area contributed by atoms with E-state index >= 15 is 0 Å². The number of benzene rings is 1. The van der Waals surface area contributed by atoms with E-state index in [-0.39, 0.29) is 17.5 Å². The van der Waals surface area contributed by atoms with Crippen LogP contribution in [0.5, 0.6) is 0 Å². The van der Waals surface area contributed by atoms with Gasteiger partial charge in [0.1, 0.15) is 11.6 Å². The van der Waals surface area contributed by atoms with Crippen LogP contribution in [0.25, 0.3) is 11.3 Å². The Morgan fingerprint density at radius 3 is 2.75 bits per heavy atom. The number of hydrogen-bond acceptors (Lipinski definition) is 3. The number of rotatable bonds is 5. The molecule has 1 N–H and O–H groups in total. The molecule has 0 unspecified atom stereocenters. The van der Waals surface area contributed by atoms with Crippen molar-refractivity contribution >= 4 is 5.91 Å². The highest BCUT2D eigenvalue weighted by molar-refractivity contribution is 5.91. The van der Waals surface area contributed by atoms with Gasteiger partial charge in [-0.1, -0.05) is 12.1 Å². The smallest absolute Gasteiger partial charge is 0.289 e. The molecular weight excluding hydrogens is 259 g/mol. The third-order valence-corrected chi connectivity index (χ3v) is 3.00. The average molecular weight is 276 g/mol. The summed E-state index contributed by atoms with van der Waals surface area (Å²) < 4.78 is 19.1. The van der Waals surface area contributed by atoms with Crippen LogP contribution in [0.1, 0.15) is 10.6 Å². The first-order valence-electron chi connectivity index (χ1n) is 6.38. The quantitative estimate of drug-likeness (QED) is 0.912. The highest BCUT2D eigenvalue weighted by Crippen LogP contribution is 2.25. The molecule has 1 heterocycles. The van der Waals surface area contributed by atoms with Crippen molar-refractivity contribution in [2.45, 2.75) is 0 Å². The molecule has 2 aromatic rings. The average Bonchev–Trinajstić information content (AvgIpc) is 2.94. The predicted molar refractivity (Wildman–Crippen MR) is 75.0 cm³/mol. The van der Waals surface area contributed by atoms with E-state index in [2.05, 4.69) is 5.32 Å². The van der Waals surface area contributed by atoms with Crippen LogP contribution < -0.4 is 5.32 Å². The largest absolute Gasteiger partial charge is 0.451 e. The number of carbonyl (C=O) groups is 1. The molecule has 0 spiro atoms. The number of halogens is 1. The molecule has 2 rings (SSSR count). The van der Waals surface area contributed by atoms with Crippen LogP contribution in [0.4, 0.5) is 4.39 Å². The molecular formula is C15H17FN2O2. The Bertz CT molecular complexity index is 595. The van der Waals surface area contributed by atoms with E-state index in [1.807, 2.05) is 7.05 Å². The maximum absolute atomic E-state index is 13.6. The molecule has 0 aliphatic carbocycles. The van der Waals surface area contributed by atoms with Gasteiger partial charge in [0.05, 0.1) is 5.56 Å². The second-order valence-corrected chi connectivity index (χ2v) is 4.47. The van der Waals surface area contributed by atoms with Gasteiger partial charge in [0.2, 0.25) is 0 Å². The van der Waals surface area contributed by atoms with Crippen LogP contribution in [-0.4, -0.2) is 38.0 Å². The zero-order valence-electron chi connectivity index (χ0n) is 11.5. The van der Waals surface area contributed by atoms with Crippen LogP contribution >= 0.6 is 0 Å². The van der Waals surface area contributed by atoms with E-state index in [0.29, 0.717) is 24.4 Å². The standard InChI is InChI=1S/C15H17FN2O2/c1-17-9-10-18(2)15(19)14-8-7-13(20-14)11-5-3-4-6-12(11)16/h3-8,17H,9-10H2,1-2H3. The maximum atomic E-state index is 13.6. The summed E-state index contributed by atoms with van der Waals surface area (Å²) >= 11 is 0. The fourth-order valence-corrected chi connectivity index (χ4v) is 1.83. The summed E-state index contributed by atoms with van der Waals surface area (Å²) in [5, 5.41) is 2.97. The van der Waals surface area contributed by atoms with Crippen molar-refractivity contribution in [2.24, 2.45) is 0 Å². The topological polar surface area (TPSA) is 45.5 Å². The van der Waals surface area contributed by atoms with Crippen molar-refractivity contribution in [3.8, 4) is 11.3 Å². The van der Waals surface area contributed by atoms with Crippen molar-refractivity contribution in [2.75, 3.05) is 27.2 Å². The Hall–Kier alpha value is -2.14. The lowest BCUT2D eigenvalue weighted by Crippen LogP contribution is -2.32. The van der Waals surface area contributed by atoms with Gasteiger partial charge in [0.15, 0.2) is 5.76 Å². The summed E-state index contributed by atoms with van der Waals surface area (Å²) in [6.45, 7) is 1.27. The molecule has 1 amide bonds. The van der Waals surface area contributed by atoms with Gasteiger partial charge in [0, 0.05) is 20.1 Å². The van der Waals surface area contributed by atoms with E-state index in [0.717, 1.165) is 0 Å². The minimum absolute atomic E-state index is 0.210. The summed E-state index contributed by atoms with van der Waals surface area (Å²) in [4.78, 5) is 13.6. The molecule has 4 nitrogen and oxygen atoms in total. The minimum atomic E-state index is -0.371. The van der Waals surface area contributed by atoms with Gasteiger partial charge in [-0.15, -0.1) is 0 Å². The molecule has 0 atom stereocenters. The van der Waals surface area contributed by atoms with Gasteiger partial charge < -0.3 is 14.6 Å². The normalized spacial score (nSPS) is 10.6. The van der Waals surface area contributed by atoms with Crippen molar-refractivity contribution in [3.05, 3.63) is 48.0 Å². The second-order valence-electron chi connectivity index (χ2n) is 4.47. The molecule has 106 valence electrons. The van der Waals surface area contributed by atoms with E-state index in [9.17, 15) is 9.18 Å². The zero-order chi connectivity index (χ0) is 14.5. The SMILES string of the molecule is CNCCN(C)C(=O)c1ccc(-c2ccccc2F)o1. The molecule has 0 bridgehead atoms. The second kappa shape index (κ2) is 6.34. The van der Waals surface area contributed by atoms with Gasteiger partial charge in [-0.25, -0.2) is 4.39 Å². The first-order valence-corrected chi connectivity index (χ1v) is 6.38. The first-order chi connectivity index (χ1) is 9.63. The number of hydrogen-bond donors (Lipinski definition) is 1. The zero-order valence-corrected chi connectivity index (χ0v) is 11.5. The lowest BCUT2D eigenvalue weighted by Gasteiger charge is -2.14. The van der Waals surface area contributed by atoms with Crippen LogP contribution in [0, 0.1) is 5.82 Å². The number of furan rings is 1. The maximum Gasteiger partial charge on any atom is 0.289 e. The summed E-state index contributed by atoms with van der Waals surface area (Å²) in [7, 11) is 3.52. The van der Waals surface area contributed by atoms with E-state index < -0.39 is 0 Å². The molecule has 0 fully saturated rings. The van der Waals surface area contributed by atoms with Crippen LogP contribution in [-0.2, 0) is 0 Å². The Kier molecular flexibility index (Phi) is 4.53. The number of amides is 1. The monoisotopic (exact) mass is 276 g/mol. The Balaban J connectivity index is 2.17. The lowest BCUT2D eigenvalue weighted by atomic mass is 10.1. The molecule has 5 heteroatoms. The first kappa shape index (κ1) is 14.3. The Labute approximate surface area is 117 Å². The van der Waals surface area contributed by atoms with E-state index in [1.165, 1.54) is 6.07 Å². The third-order valence-electron chi connectivity index (χ3n) is 3.00. The molecule has 0 saturated carbocycles. The van der Waals surface area contributed by atoms with Crippen LogP contribution in [0.15, 0.2) is 40.8 Å². The highest BCUT2D eigenvalue weighted by Gasteiger charge is 2.17. The van der Waals surface area contributed by atoms with Crippen molar-refractivity contribution < 1.29 is 13.6 Å². The summed E-state index contributed by atoms with van der Waals surface area (Å²) in [6, 6.07) is 9.49. The van der Waals surface area contributed by atoms with Gasteiger partial charge in [0.25, 0.3) is 5.91 Å². The minimum Gasteiger partial charge on any atom is -0.451 e. The van der Waals surface area contributed by atoms with Gasteiger partial charge in [-0.2, -0.15) is 0 Å². The molecule has 0 saturated heterocycles. The summed E-state index contributed by atoms with van der Waals surface area (Å²) in [5.74, 6) is -0.0254. The van der Waals surface area contributed by atoms with Crippen molar-refractivity contribution in [3.63, 3.8) is 0 Å². The molecule has 20 heavy (non-hydrogen) atoms. The van der Waals surface area contributed by atoms with Crippen LogP contribution in [0.3, 0.4) is 0 Å². The Morgan fingerprint density at radius 1 is 1.30 bits per heavy atom. The van der Waals surface area contributed by atoms with E-state index in [4.69, 9.17) is 4.42 Å². The third kappa shape index (κ3) is 3.05. The number of nitrogens with zero attached hydrogens (tertiary/aromatic N) is 1. The van der Waals surface area contributed by atoms with Gasteiger partial charge >= 0.3 is 0 Å². The van der Waals surface area contributed by atoms with Gasteiger partial charge in [-0.3, -0.25) is 4.79 Å². The highest BCUT2D eigenvalue weighted by atomic mass is 19.1. The number of nitrogens with one attached hydrogen (secondary N) is 1. The molecule has 0 aliphatic rings. The van der Waals surface area contributed by atoms with Crippen LogP contribution in [0.2, 0.25) is 0 Å². The molecule has 1 aromatic carbocycles. The van der Waals surface area contributed by atoms with E-state index in [1.54, 1.807) is 42.3 Å². The van der Waals surface area contributed by atoms with Crippen molar-refractivity contribution in [1.82, 2.24) is 10.2 Å². The molecule has 1 aromatic heterocycles.